The Bertz CT molecular complexity index is 568. The van der Waals surface area contributed by atoms with Gasteiger partial charge in [-0.2, -0.15) is 0 Å². The van der Waals surface area contributed by atoms with Crippen LogP contribution >= 0.6 is 0 Å². The molecule has 0 unspecified atom stereocenters. The molecular weight excluding hydrogens is 222 g/mol. The normalized spacial score (nSPS) is 23.8. The Kier molecular flexibility index (Phi) is 2.77. The van der Waals surface area contributed by atoms with Crippen LogP contribution in [0.4, 0.5) is 0 Å². The number of oxime groups is 1. The maximum absolute atomic E-state index is 8.24. The van der Waals surface area contributed by atoms with E-state index in [1.807, 2.05) is 60.7 Å². The van der Waals surface area contributed by atoms with Crippen molar-refractivity contribution < 1.29 is 6.21 Å². The Hall–Kier alpha value is -2.09. The summed E-state index contributed by atoms with van der Waals surface area (Å²) in [6.07, 6.45) is 0.176. The van der Waals surface area contributed by atoms with E-state index in [-0.39, 0.29) is 12.5 Å². The predicted molar refractivity (Wildman–Crippen MR) is 72.5 cm³/mol. The van der Waals surface area contributed by atoms with Gasteiger partial charge in [-0.25, -0.2) is 0 Å². The molecule has 3 rings (SSSR count). The summed E-state index contributed by atoms with van der Waals surface area (Å²) in [4.78, 5) is 5.57. The van der Waals surface area contributed by atoms with E-state index in [1.54, 1.807) is 0 Å². The smallest absolute Gasteiger partial charge is 0.152 e. The van der Waals surface area contributed by atoms with Gasteiger partial charge in [-0.05, 0) is 23.9 Å². The highest BCUT2D eigenvalue weighted by molar-refractivity contribution is 6.00. The molecule has 0 N–H and O–H groups in total. The lowest BCUT2D eigenvalue weighted by Crippen LogP contribution is -2.13. The summed E-state index contributed by atoms with van der Waals surface area (Å²) in [5.74, 6) is 0. The van der Waals surface area contributed by atoms with Crippen molar-refractivity contribution in [3.63, 3.8) is 0 Å². The van der Waals surface area contributed by atoms with Crippen molar-refractivity contribution >= 4 is 5.71 Å². The van der Waals surface area contributed by atoms with Crippen LogP contribution in [0.5, 0.6) is 0 Å². The SMILES string of the molecule is [2H][C@@H]1C[C@H](c2ccccc2)ON=C1c1ccccc1. The number of hydrogen-bond acceptors (Lipinski definition) is 2. The molecule has 0 saturated carbocycles. The zero-order valence-corrected chi connectivity index (χ0v) is 9.99. The molecule has 2 nitrogen and oxygen atoms in total. The van der Waals surface area contributed by atoms with Gasteiger partial charge < -0.3 is 4.84 Å². The molecule has 1 aliphatic rings. The van der Waals surface area contributed by atoms with Gasteiger partial charge in [0, 0.05) is 1.37 Å². The first-order valence-corrected chi connectivity index (χ1v) is 6.11. The van der Waals surface area contributed by atoms with Gasteiger partial charge in [0.2, 0.25) is 0 Å². The van der Waals surface area contributed by atoms with Crippen molar-refractivity contribution in [2.75, 3.05) is 0 Å². The number of rotatable bonds is 2. The zero-order valence-electron chi connectivity index (χ0n) is 11.0. The molecule has 0 aliphatic carbocycles. The van der Waals surface area contributed by atoms with E-state index in [1.165, 1.54) is 0 Å². The van der Waals surface area contributed by atoms with E-state index in [0.717, 1.165) is 11.1 Å². The van der Waals surface area contributed by atoms with E-state index in [0.29, 0.717) is 12.1 Å². The zero-order chi connectivity index (χ0) is 13.1. The standard InChI is InChI=1S/C16H15NO/c1-3-7-13(8-4-1)15-11-12-16(18-17-15)14-9-5-2-6-10-14/h1-10,16H,11-12H2/t16-/m1/s1/i11D/t11-,16-. The minimum Gasteiger partial charge on any atom is -0.387 e. The second kappa shape index (κ2) is 5.05. The highest BCUT2D eigenvalue weighted by Gasteiger charge is 2.19. The average Bonchev–Trinajstić information content (AvgIpc) is 2.49. The van der Waals surface area contributed by atoms with Crippen molar-refractivity contribution in [1.82, 2.24) is 0 Å². The summed E-state index contributed by atoms with van der Waals surface area (Å²) < 4.78 is 8.24. The lowest BCUT2D eigenvalue weighted by Gasteiger charge is -2.21. The summed E-state index contributed by atoms with van der Waals surface area (Å²) in [6, 6.07) is 19.8. The van der Waals surface area contributed by atoms with Crippen molar-refractivity contribution in [3.05, 3.63) is 71.8 Å². The van der Waals surface area contributed by atoms with Crippen LogP contribution in [0.2, 0.25) is 0 Å². The van der Waals surface area contributed by atoms with Gasteiger partial charge in [-0.1, -0.05) is 65.8 Å². The second-order valence-corrected chi connectivity index (χ2v) is 4.29. The molecule has 0 amide bonds. The molecule has 2 heteroatoms. The van der Waals surface area contributed by atoms with Gasteiger partial charge in [0.05, 0.1) is 5.71 Å². The van der Waals surface area contributed by atoms with E-state index in [9.17, 15) is 0 Å². The topological polar surface area (TPSA) is 21.6 Å². The highest BCUT2D eigenvalue weighted by atomic mass is 16.6. The van der Waals surface area contributed by atoms with Gasteiger partial charge in [0.15, 0.2) is 6.10 Å². The molecule has 0 radical (unpaired) electrons. The van der Waals surface area contributed by atoms with Gasteiger partial charge >= 0.3 is 0 Å². The molecule has 0 spiro atoms. The molecule has 90 valence electrons. The number of hydrogen-bond donors (Lipinski definition) is 0. The predicted octanol–water partition coefficient (Wildman–Crippen LogP) is 3.94. The van der Waals surface area contributed by atoms with Crippen LogP contribution < -0.4 is 0 Å². The maximum atomic E-state index is 8.24. The summed E-state index contributed by atoms with van der Waals surface area (Å²) in [5.41, 5.74) is 2.76. The average molecular weight is 238 g/mol. The Morgan fingerprint density at radius 3 is 2.33 bits per heavy atom. The summed E-state index contributed by atoms with van der Waals surface area (Å²) in [5, 5.41) is 4.17. The molecule has 2 aromatic carbocycles. The third-order valence-corrected chi connectivity index (χ3v) is 3.04. The summed E-state index contributed by atoms with van der Waals surface area (Å²) in [6.45, 7) is 0. The lowest BCUT2D eigenvalue weighted by molar-refractivity contribution is 0.0431. The van der Waals surface area contributed by atoms with Gasteiger partial charge in [0.25, 0.3) is 0 Å². The second-order valence-electron chi connectivity index (χ2n) is 4.29. The molecule has 2 atom stereocenters. The van der Waals surface area contributed by atoms with E-state index in [4.69, 9.17) is 6.21 Å². The molecular formula is C16H15NO. The molecule has 1 heterocycles. The fourth-order valence-electron chi connectivity index (χ4n) is 2.06. The molecule has 0 bridgehead atoms. The number of benzene rings is 2. The van der Waals surface area contributed by atoms with Crippen molar-refractivity contribution in [1.29, 1.82) is 0 Å². The van der Waals surface area contributed by atoms with Crippen LogP contribution in [0.3, 0.4) is 0 Å². The van der Waals surface area contributed by atoms with Gasteiger partial charge in [0.1, 0.15) is 0 Å². The van der Waals surface area contributed by atoms with Crippen molar-refractivity contribution in [2.24, 2.45) is 5.16 Å². The third kappa shape index (κ3) is 2.28. The largest absolute Gasteiger partial charge is 0.387 e. The Morgan fingerprint density at radius 1 is 1.00 bits per heavy atom. The van der Waals surface area contributed by atoms with E-state index in [2.05, 4.69) is 5.16 Å². The van der Waals surface area contributed by atoms with Crippen molar-refractivity contribution in [3.8, 4) is 0 Å². The highest BCUT2D eigenvalue weighted by Crippen LogP contribution is 2.28. The quantitative estimate of drug-likeness (QED) is 0.776. The molecule has 18 heavy (non-hydrogen) atoms. The minimum atomic E-state index is -0.346. The van der Waals surface area contributed by atoms with Crippen LogP contribution in [0.15, 0.2) is 65.8 Å². The first-order chi connectivity index (χ1) is 9.34. The molecule has 2 aromatic rings. The molecule has 0 fully saturated rings. The number of nitrogens with zero attached hydrogens (tertiary/aromatic N) is 1. The van der Waals surface area contributed by atoms with Crippen LogP contribution in [-0.4, -0.2) is 5.71 Å². The molecule has 0 saturated heterocycles. The lowest BCUT2D eigenvalue weighted by atomic mass is 9.99. The van der Waals surface area contributed by atoms with Crippen LogP contribution in [0.25, 0.3) is 0 Å². The summed E-state index contributed by atoms with van der Waals surface area (Å²) >= 11 is 0. The third-order valence-electron chi connectivity index (χ3n) is 3.04. The van der Waals surface area contributed by atoms with Crippen LogP contribution in [0.1, 0.15) is 31.4 Å². The molecule has 1 aliphatic heterocycles. The Labute approximate surface area is 108 Å². The first kappa shape index (κ1) is 9.89. The minimum absolute atomic E-state index is 0.115. The fourth-order valence-corrected chi connectivity index (χ4v) is 2.06. The van der Waals surface area contributed by atoms with Crippen LogP contribution in [0, 0.1) is 0 Å². The summed E-state index contributed by atoms with van der Waals surface area (Å²) in [7, 11) is 0. The Morgan fingerprint density at radius 2 is 1.67 bits per heavy atom. The monoisotopic (exact) mass is 238 g/mol. The first-order valence-electron chi connectivity index (χ1n) is 6.68. The Balaban J connectivity index is 1.83. The van der Waals surface area contributed by atoms with Gasteiger partial charge in [-0.15, -0.1) is 0 Å². The van der Waals surface area contributed by atoms with E-state index < -0.39 is 0 Å². The molecule has 0 aromatic heterocycles. The van der Waals surface area contributed by atoms with Gasteiger partial charge in [-0.3, -0.25) is 0 Å². The van der Waals surface area contributed by atoms with Crippen molar-refractivity contribution in [2.45, 2.75) is 18.9 Å². The maximum Gasteiger partial charge on any atom is 0.152 e. The fraction of sp³-hybridized carbons (Fsp3) is 0.188. The van der Waals surface area contributed by atoms with Crippen LogP contribution in [-0.2, 0) is 4.84 Å². The van der Waals surface area contributed by atoms with E-state index >= 15 is 0 Å².